The van der Waals surface area contributed by atoms with Crippen LogP contribution in [0, 0.1) is 6.92 Å². The molecule has 0 N–H and O–H groups in total. The molecule has 0 saturated heterocycles. The fourth-order valence-electron chi connectivity index (χ4n) is 2.37. The average Bonchev–Trinajstić information content (AvgIpc) is 3.03. The second-order valence-corrected chi connectivity index (χ2v) is 6.20. The van der Waals surface area contributed by atoms with Crippen LogP contribution < -0.4 is 0 Å². The highest BCUT2D eigenvalue weighted by molar-refractivity contribution is 7.98. The normalized spacial score (nSPS) is 12.2. The van der Waals surface area contributed by atoms with Crippen molar-refractivity contribution >= 4 is 11.8 Å². The Hall–Kier alpha value is -1.93. The van der Waals surface area contributed by atoms with E-state index >= 15 is 0 Å². The standard InChI is InChI=1S/C19H18OS/c1-15-7-5-10-17(13-15)19(18-11-6-12-20-18)21-14-16-8-3-2-4-9-16/h2-13,19H,14H2,1H3. The molecule has 0 fully saturated rings. The fourth-order valence-corrected chi connectivity index (χ4v) is 3.56. The van der Waals surface area contributed by atoms with Crippen molar-refractivity contribution in [3.8, 4) is 0 Å². The molecule has 0 aliphatic carbocycles. The van der Waals surface area contributed by atoms with Gasteiger partial charge in [0.2, 0.25) is 0 Å². The zero-order valence-corrected chi connectivity index (χ0v) is 12.8. The third-order valence-electron chi connectivity index (χ3n) is 3.41. The summed E-state index contributed by atoms with van der Waals surface area (Å²) in [6, 6.07) is 23.3. The number of thioether (sulfide) groups is 1. The van der Waals surface area contributed by atoms with Gasteiger partial charge in [-0.05, 0) is 30.2 Å². The molecule has 2 heteroatoms. The van der Waals surface area contributed by atoms with Crippen molar-refractivity contribution in [2.75, 3.05) is 0 Å². The zero-order valence-electron chi connectivity index (χ0n) is 12.0. The number of hydrogen-bond acceptors (Lipinski definition) is 2. The molecule has 2 aromatic carbocycles. The van der Waals surface area contributed by atoms with Crippen LogP contribution in [0.2, 0.25) is 0 Å². The van der Waals surface area contributed by atoms with Crippen LogP contribution in [0.5, 0.6) is 0 Å². The molecule has 0 aliphatic rings. The molecule has 0 bridgehead atoms. The van der Waals surface area contributed by atoms with Gasteiger partial charge in [0.25, 0.3) is 0 Å². The van der Waals surface area contributed by atoms with Crippen LogP contribution in [-0.2, 0) is 5.75 Å². The predicted molar refractivity (Wildman–Crippen MR) is 89.5 cm³/mol. The van der Waals surface area contributed by atoms with E-state index in [1.165, 1.54) is 16.7 Å². The van der Waals surface area contributed by atoms with Gasteiger partial charge in [-0.15, -0.1) is 11.8 Å². The van der Waals surface area contributed by atoms with E-state index in [1.54, 1.807) is 6.26 Å². The maximum atomic E-state index is 5.66. The summed E-state index contributed by atoms with van der Waals surface area (Å²) in [5.74, 6) is 1.99. The quantitative estimate of drug-likeness (QED) is 0.606. The molecule has 106 valence electrons. The SMILES string of the molecule is Cc1cccc(C(SCc2ccccc2)c2ccco2)c1. The molecule has 0 saturated carbocycles. The zero-order chi connectivity index (χ0) is 14.5. The maximum absolute atomic E-state index is 5.66. The minimum Gasteiger partial charge on any atom is -0.468 e. The van der Waals surface area contributed by atoms with E-state index in [4.69, 9.17) is 4.42 Å². The smallest absolute Gasteiger partial charge is 0.121 e. The van der Waals surface area contributed by atoms with E-state index in [0.29, 0.717) is 0 Å². The second kappa shape index (κ2) is 6.68. The molecular weight excluding hydrogens is 276 g/mol. The molecule has 3 rings (SSSR count). The summed E-state index contributed by atoms with van der Waals surface area (Å²) in [5, 5.41) is 0.236. The van der Waals surface area contributed by atoms with E-state index in [-0.39, 0.29) is 5.25 Å². The van der Waals surface area contributed by atoms with Crippen molar-refractivity contribution in [2.45, 2.75) is 17.9 Å². The third-order valence-corrected chi connectivity index (χ3v) is 4.74. The van der Waals surface area contributed by atoms with Crippen LogP contribution in [0.4, 0.5) is 0 Å². The van der Waals surface area contributed by atoms with Gasteiger partial charge in [0.15, 0.2) is 0 Å². The molecule has 1 unspecified atom stereocenters. The number of furan rings is 1. The van der Waals surface area contributed by atoms with Gasteiger partial charge in [-0.25, -0.2) is 0 Å². The van der Waals surface area contributed by atoms with Gasteiger partial charge in [-0.2, -0.15) is 0 Å². The van der Waals surface area contributed by atoms with Gasteiger partial charge in [0.1, 0.15) is 5.76 Å². The number of rotatable bonds is 5. The average molecular weight is 294 g/mol. The van der Waals surface area contributed by atoms with Crippen LogP contribution in [0.15, 0.2) is 77.4 Å². The Morgan fingerprint density at radius 1 is 0.952 bits per heavy atom. The molecule has 21 heavy (non-hydrogen) atoms. The Labute approximate surface area is 130 Å². The highest BCUT2D eigenvalue weighted by Gasteiger charge is 2.17. The minimum absolute atomic E-state index is 0.236. The summed E-state index contributed by atoms with van der Waals surface area (Å²) < 4.78 is 5.66. The lowest BCUT2D eigenvalue weighted by atomic mass is 10.1. The lowest BCUT2D eigenvalue weighted by molar-refractivity contribution is 0.518. The Balaban J connectivity index is 1.83. The summed E-state index contributed by atoms with van der Waals surface area (Å²) >= 11 is 1.90. The van der Waals surface area contributed by atoms with Gasteiger partial charge < -0.3 is 4.42 Å². The van der Waals surface area contributed by atoms with E-state index in [0.717, 1.165) is 11.5 Å². The van der Waals surface area contributed by atoms with Crippen molar-refractivity contribution in [1.82, 2.24) is 0 Å². The maximum Gasteiger partial charge on any atom is 0.121 e. The van der Waals surface area contributed by atoms with Gasteiger partial charge in [-0.3, -0.25) is 0 Å². The van der Waals surface area contributed by atoms with Gasteiger partial charge in [-0.1, -0.05) is 60.2 Å². The van der Waals surface area contributed by atoms with E-state index in [2.05, 4.69) is 67.6 Å². The Morgan fingerprint density at radius 3 is 2.52 bits per heavy atom. The van der Waals surface area contributed by atoms with Crippen LogP contribution in [-0.4, -0.2) is 0 Å². The topological polar surface area (TPSA) is 13.1 Å². The summed E-state index contributed by atoms with van der Waals surface area (Å²) in [6.07, 6.45) is 1.75. The van der Waals surface area contributed by atoms with E-state index in [1.807, 2.05) is 17.8 Å². The first-order valence-corrected chi connectivity index (χ1v) is 8.13. The molecule has 1 aromatic heterocycles. The molecule has 0 aliphatic heterocycles. The highest BCUT2D eigenvalue weighted by atomic mass is 32.2. The summed E-state index contributed by atoms with van der Waals surface area (Å²) in [4.78, 5) is 0. The largest absolute Gasteiger partial charge is 0.468 e. The molecule has 1 nitrogen and oxygen atoms in total. The molecule has 1 heterocycles. The second-order valence-electron chi connectivity index (χ2n) is 5.11. The summed E-state index contributed by atoms with van der Waals surface area (Å²) in [6.45, 7) is 2.13. The molecule has 1 atom stereocenters. The van der Waals surface area contributed by atoms with Crippen molar-refractivity contribution in [1.29, 1.82) is 0 Å². The third kappa shape index (κ3) is 3.59. The minimum atomic E-state index is 0.236. The monoisotopic (exact) mass is 294 g/mol. The van der Waals surface area contributed by atoms with Crippen LogP contribution >= 0.6 is 11.8 Å². The van der Waals surface area contributed by atoms with Crippen molar-refractivity contribution < 1.29 is 4.42 Å². The first-order chi connectivity index (χ1) is 10.3. The van der Waals surface area contributed by atoms with Crippen molar-refractivity contribution in [3.63, 3.8) is 0 Å². The van der Waals surface area contributed by atoms with Gasteiger partial charge in [0, 0.05) is 5.75 Å². The Bertz CT molecular complexity index is 674. The molecule has 0 radical (unpaired) electrons. The van der Waals surface area contributed by atoms with E-state index in [9.17, 15) is 0 Å². The molecule has 0 spiro atoms. The van der Waals surface area contributed by atoms with Crippen molar-refractivity contribution in [2.24, 2.45) is 0 Å². The highest BCUT2D eigenvalue weighted by Crippen LogP contribution is 2.38. The number of aryl methyl sites for hydroxylation is 1. The summed E-state index contributed by atoms with van der Waals surface area (Å²) in [7, 11) is 0. The van der Waals surface area contributed by atoms with Crippen LogP contribution in [0.3, 0.4) is 0 Å². The first-order valence-electron chi connectivity index (χ1n) is 7.08. The van der Waals surface area contributed by atoms with Gasteiger partial charge >= 0.3 is 0 Å². The summed E-state index contributed by atoms with van der Waals surface area (Å²) in [5.41, 5.74) is 3.92. The Kier molecular flexibility index (Phi) is 4.46. The molecule has 0 amide bonds. The molecular formula is C19H18OS. The lowest BCUT2D eigenvalue weighted by Crippen LogP contribution is -1.97. The Morgan fingerprint density at radius 2 is 1.81 bits per heavy atom. The molecule has 3 aromatic rings. The van der Waals surface area contributed by atoms with Crippen LogP contribution in [0.25, 0.3) is 0 Å². The predicted octanol–water partition coefficient (Wildman–Crippen LogP) is 5.61. The van der Waals surface area contributed by atoms with Crippen molar-refractivity contribution in [3.05, 3.63) is 95.4 Å². The lowest BCUT2D eigenvalue weighted by Gasteiger charge is -2.15. The first kappa shape index (κ1) is 14.0. The van der Waals surface area contributed by atoms with Gasteiger partial charge in [0.05, 0.1) is 11.5 Å². The van der Waals surface area contributed by atoms with Crippen LogP contribution in [0.1, 0.15) is 27.7 Å². The van der Waals surface area contributed by atoms with E-state index < -0.39 is 0 Å². The number of benzene rings is 2. The fraction of sp³-hybridized carbons (Fsp3) is 0.158. The number of hydrogen-bond donors (Lipinski definition) is 0.